The molecule has 112 valence electrons. The zero-order valence-corrected chi connectivity index (χ0v) is 12.4. The lowest BCUT2D eigenvalue weighted by atomic mass is 10.3. The Kier molecular flexibility index (Phi) is 8.42. The van der Waals surface area contributed by atoms with E-state index in [1.165, 1.54) is 5.69 Å². The predicted octanol–water partition coefficient (Wildman–Crippen LogP) is 0.865. The number of rotatable bonds is 10. The zero-order chi connectivity index (χ0) is 14.6. The van der Waals surface area contributed by atoms with Gasteiger partial charge in [-0.15, -0.1) is 0 Å². The number of para-hydroxylation sites is 1. The van der Waals surface area contributed by atoms with E-state index >= 15 is 0 Å². The maximum atomic E-state index is 11.4. The van der Waals surface area contributed by atoms with Gasteiger partial charge in [0.15, 0.2) is 0 Å². The number of benzene rings is 1. The number of amides is 1. The molecule has 0 unspecified atom stereocenters. The number of carbonyl (C=O) groups is 1. The van der Waals surface area contributed by atoms with Crippen molar-refractivity contribution in [1.82, 2.24) is 10.6 Å². The number of nitrogens with zero attached hydrogens (tertiary/aromatic N) is 1. The van der Waals surface area contributed by atoms with E-state index in [0.717, 1.165) is 19.5 Å². The topological polar surface area (TPSA) is 53.6 Å². The molecule has 5 nitrogen and oxygen atoms in total. The number of carbonyl (C=O) groups excluding carboxylic acids is 1. The summed E-state index contributed by atoms with van der Waals surface area (Å²) in [6.07, 6.45) is 0.997. The number of hydrogen-bond donors (Lipinski definition) is 2. The Morgan fingerprint density at radius 3 is 2.70 bits per heavy atom. The van der Waals surface area contributed by atoms with E-state index in [1.807, 2.05) is 18.2 Å². The SMILES string of the molecule is COCCNC(=O)CNCCCN(C)c1ccccc1. The van der Waals surface area contributed by atoms with Gasteiger partial charge in [0.25, 0.3) is 0 Å². The predicted molar refractivity (Wildman–Crippen MR) is 82.1 cm³/mol. The van der Waals surface area contributed by atoms with Crippen molar-refractivity contribution < 1.29 is 9.53 Å². The van der Waals surface area contributed by atoms with E-state index in [2.05, 4.69) is 34.7 Å². The van der Waals surface area contributed by atoms with Crippen molar-refractivity contribution in [3.8, 4) is 0 Å². The average Bonchev–Trinajstić information content (AvgIpc) is 2.48. The molecule has 0 bridgehead atoms. The van der Waals surface area contributed by atoms with Gasteiger partial charge in [0.2, 0.25) is 5.91 Å². The summed E-state index contributed by atoms with van der Waals surface area (Å²) in [5, 5.41) is 5.91. The molecule has 0 saturated heterocycles. The van der Waals surface area contributed by atoms with E-state index in [-0.39, 0.29) is 5.91 Å². The first-order chi connectivity index (χ1) is 9.74. The van der Waals surface area contributed by atoms with Gasteiger partial charge in [-0.2, -0.15) is 0 Å². The van der Waals surface area contributed by atoms with E-state index in [9.17, 15) is 4.79 Å². The molecular formula is C15H25N3O2. The van der Waals surface area contributed by atoms with E-state index < -0.39 is 0 Å². The van der Waals surface area contributed by atoms with E-state index in [0.29, 0.717) is 19.7 Å². The molecular weight excluding hydrogens is 254 g/mol. The highest BCUT2D eigenvalue weighted by Gasteiger charge is 2.01. The summed E-state index contributed by atoms with van der Waals surface area (Å²) in [5.41, 5.74) is 1.21. The van der Waals surface area contributed by atoms with E-state index in [4.69, 9.17) is 4.74 Å². The van der Waals surface area contributed by atoms with Crippen molar-refractivity contribution in [3.63, 3.8) is 0 Å². The first-order valence-electron chi connectivity index (χ1n) is 6.96. The van der Waals surface area contributed by atoms with Crippen molar-refractivity contribution in [2.75, 3.05) is 51.8 Å². The highest BCUT2D eigenvalue weighted by Crippen LogP contribution is 2.10. The molecule has 1 aromatic rings. The van der Waals surface area contributed by atoms with Crippen LogP contribution in [-0.4, -0.2) is 52.9 Å². The molecule has 1 amide bonds. The maximum absolute atomic E-state index is 11.4. The van der Waals surface area contributed by atoms with Crippen molar-refractivity contribution in [3.05, 3.63) is 30.3 Å². The molecule has 20 heavy (non-hydrogen) atoms. The van der Waals surface area contributed by atoms with Crippen LogP contribution < -0.4 is 15.5 Å². The van der Waals surface area contributed by atoms with Crippen LogP contribution in [-0.2, 0) is 9.53 Å². The summed E-state index contributed by atoms with van der Waals surface area (Å²) >= 11 is 0. The molecule has 1 aromatic carbocycles. The minimum Gasteiger partial charge on any atom is -0.383 e. The lowest BCUT2D eigenvalue weighted by Crippen LogP contribution is -2.36. The standard InChI is InChI=1S/C15H25N3O2/c1-18(14-7-4-3-5-8-14)11-6-9-16-13-15(19)17-10-12-20-2/h3-5,7-8,16H,6,9-13H2,1-2H3,(H,17,19). The Labute approximate surface area is 121 Å². The molecule has 0 aliphatic heterocycles. The van der Waals surface area contributed by atoms with Crippen molar-refractivity contribution in [2.24, 2.45) is 0 Å². The summed E-state index contributed by atoms with van der Waals surface area (Å²) in [6, 6.07) is 10.3. The average molecular weight is 279 g/mol. The van der Waals surface area contributed by atoms with Gasteiger partial charge in [-0.05, 0) is 25.1 Å². The van der Waals surface area contributed by atoms with Crippen molar-refractivity contribution in [2.45, 2.75) is 6.42 Å². The molecule has 0 aliphatic carbocycles. The first kappa shape index (κ1) is 16.5. The second-order valence-electron chi connectivity index (χ2n) is 4.63. The minimum atomic E-state index is 0.0125. The lowest BCUT2D eigenvalue weighted by molar-refractivity contribution is -0.120. The number of nitrogens with one attached hydrogen (secondary N) is 2. The number of ether oxygens (including phenoxy) is 1. The third-order valence-corrected chi connectivity index (χ3v) is 2.96. The third kappa shape index (κ3) is 7.11. The molecule has 0 saturated carbocycles. The van der Waals surface area contributed by atoms with Crippen LogP contribution in [0.25, 0.3) is 0 Å². The molecule has 0 aromatic heterocycles. The van der Waals surface area contributed by atoms with Gasteiger partial charge < -0.3 is 20.3 Å². The Morgan fingerprint density at radius 1 is 1.25 bits per heavy atom. The number of methoxy groups -OCH3 is 1. The molecule has 0 spiro atoms. The highest BCUT2D eigenvalue weighted by molar-refractivity contribution is 5.77. The van der Waals surface area contributed by atoms with Gasteiger partial charge in [0.05, 0.1) is 13.2 Å². The Bertz CT molecular complexity index is 371. The molecule has 0 fully saturated rings. The van der Waals surface area contributed by atoms with Gasteiger partial charge in [-0.25, -0.2) is 0 Å². The van der Waals surface area contributed by atoms with Crippen LogP contribution in [0.5, 0.6) is 0 Å². The van der Waals surface area contributed by atoms with Gasteiger partial charge in [-0.3, -0.25) is 4.79 Å². The second kappa shape index (κ2) is 10.2. The normalized spacial score (nSPS) is 10.3. The van der Waals surface area contributed by atoms with Crippen LogP contribution >= 0.6 is 0 Å². The summed E-state index contributed by atoms with van der Waals surface area (Å²) in [7, 11) is 3.69. The quantitative estimate of drug-likeness (QED) is 0.624. The fraction of sp³-hybridized carbons (Fsp3) is 0.533. The monoisotopic (exact) mass is 279 g/mol. The lowest BCUT2D eigenvalue weighted by Gasteiger charge is -2.19. The zero-order valence-electron chi connectivity index (χ0n) is 12.4. The Morgan fingerprint density at radius 2 is 2.00 bits per heavy atom. The summed E-state index contributed by atoms with van der Waals surface area (Å²) in [4.78, 5) is 13.6. The molecule has 1 rings (SSSR count). The van der Waals surface area contributed by atoms with Gasteiger partial charge in [0.1, 0.15) is 0 Å². The van der Waals surface area contributed by atoms with Crippen molar-refractivity contribution >= 4 is 11.6 Å². The largest absolute Gasteiger partial charge is 0.383 e. The molecule has 2 N–H and O–H groups in total. The van der Waals surface area contributed by atoms with Crippen LogP contribution in [0.3, 0.4) is 0 Å². The summed E-state index contributed by atoms with van der Waals surface area (Å²) in [5.74, 6) is 0.0125. The van der Waals surface area contributed by atoms with Crippen molar-refractivity contribution in [1.29, 1.82) is 0 Å². The van der Waals surface area contributed by atoms with Crippen LogP contribution in [0.1, 0.15) is 6.42 Å². The van der Waals surface area contributed by atoms with Crippen LogP contribution in [0.15, 0.2) is 30.3 Å². The fourth-order valence-electron chi connectivity index (χ4n) is 1.81. The van der Waals surface area contributed by atoms with Crippen LogP contribution in [0.2, 0.25) is 0 Å². The fourth-order valence-corrected chi connectivity index (χ4v) is 1.81. The minimum absolute atomic E-state index is 0.0125. The summed E-state index contributed by atoms with van der Waals surface area (Å²) in [6.45, 7) is 3.26. The molecule has 0 atom stereocenters. The number of anilines is 1. The molecule has 0 aliphatic rings. The van der Waals surface area contributed by atoms with Crippen LogP contribution in [0.4, 0.5) is 5.69 Å². The smallest absolute Gasteiger partial charge is 0.234 e. The van der Waals surface area contributed by atoms with Gasteiger partial charge in [0, 0.05) is 32.9 Å². The number of hydrogen-bond acceptors (Lipinski definition) is 4. The molecule has 5 heteroatoms. The highest BCUT2D eigenvalue weighted by atomic mass is 16.5. The Hall–Kier alpha value is -1.59. The first-order valence-corrected chi connectivity index (χ1v) is 6.96. The Balaban J connectivity index is 2.03. The maximum Gasteiger partial charge on any atom is 0.234 e. The molecule has 0 radical (unpaired) electrons. The van der Waals surface area contributed by atoms with Gasteiger partial charge >= 0.3 is 0 Å². The molecule has 0 heterocycles. The van der Waals surface area contributed by atoms with E-state index in [1.54, 1.807) is 7.11 Å². The van der Waals surface area contributed by atoms with Gasteiger partial charge in [-0.1, -0.05) is 18.2 Å². The van der Waals surface area contributed by atoms with Crippen LogP contribution in [0, 0.1) is 0 Å². The summed E-state index contributed by atoms with van der Waals surface area (Å²) < 4.78 is 4.86. The second-order valence-corrected chi connectivity index (χ2v) is 4.63. The third-order valence-electron chi connectivity index (χ3n) is 2.96.